The number of benzene rings is 1. The van der Waals surface area contributed by atoms with E-state index < -0.39 is 0 Å². The first-order chi connectivity index (χ1) is 9.11. The van der Waals surface area contributed by atoms with Crippen molar-refractivity contribution < 1.29 is 9.59 Å². The summed E-state index contributed by atoms with van der Waals surface area (Å²) in [7, 11) is 0. The van der Waals surface area contributed by atoms with Gasteiger partial charge in [0.15, 0.2) is 0 Å². The van der Waals surface area contributed by atoms with Gasteiger partial charge < -0.3 is 4.90 Å². The number of urea groups is 1. The van der Waals surface area contributed by atoms with E-state index in [0.717, 1.165) is 12.8 Å². The molecule has 0 spiro atoms. The molecule has 3 rings (SSSR count). The molecule has 4 nitrogen and oxygen atoms in total. The van der Waals surface area contributed by atoms with Crippen molar-refractivity contribution in [1.29, 1.82) is 0 Å². The van der Waals surface area contributed by atoms with Crippen LogP contribution in [0.4, 0.5) is 10.5 Å². The maximum absolute atomic E-state index is 12.5. The monoisotopic (exact) mass is 278 g/mol. The van der Waals surface area contributed by atoms with E-state index in [4.69, 9.17) is 11.6 Å². The summed E-state index contributed by atoms with van der Waals surface area (Å²) in [5, 5.41) is 0.428. The minimum absolute atomic E-state index is 0.148. The van der Waals surface area contributed by atoms with Gasteiger partial charge in [-0.15, -0.1) is 0 Å². The molecule has 100 valence electrons. The van der Waals surface area contributed by atoms with Crippen molar-refractivity contribution in [3.05, 3.63) is 29.3 Å². The average molecular weight is 279 g/mol. The van der Waals surface area contributed by atoms with E-state index in [9.17, 15) is 9.59 Å². The van der Waals surface area contributed by atoms with Crippen LogP contribution in [0.25, 0.3) is 0 Å². The molecule has 1 aromatic carbocycles. The Bertz CT molecular complexity index is 546. The van der Waals surface area contributed by atoms with Gasteiger partial charge in [0.2, 0.25) is 0 Å². The second-order valence-electron chi connectivity index (χ2n) is 5.17. The van der Waals surface area contributed by atoms with Gasteiger partial charge in [-0.2, -0.15) is 0 Å². The number of piperidine rings is 1. The summed E-state index contributed by atoms with van der Waals surface area (Å²) >= 11 is 6.10. The van der Waals surface area contributed by atoms with Crippen molar-refractivity contribution in [2.45, 2.75) is 25.8 Å². The molecule has 19 heavy (non-hydrogen) atoms. The van der Waals surface area contributed by atoms with Crippen LogP contribution in [0.2, 0.25) is 5.02 Å². The van der Waals surface area contributed by atoms with Gasteiger partial charge in [-0.1, -0.05) is 30.7 Å². The molecule has 0 bridgehead atoms. The fraction of sp³-hybridized carbons (Fsp3) is 0.429. The summed E-state index contributed by atoms with van der Waals surface area (Å²) in [5.74, 6) is 0.0583. The quantitative estimate of drug-likeness (QED) is 0.741. The smallest absolute Gasteiger partial charge is 0.312 e. The van der Waals surface area contributed by atoms with Crippen LogP contribution in [0.5, 0.6) is 0 Å². The number of halogens is 1. The Kier molecular flexibility index (Phi) is 2.97. The van der Waals surface area contributed by atoms with Gasteiger partial charge >= 0.3 is 6.03 Å². The molecule has 5 heteroatoms. The number of amides is 3. The molecule has 2 aliphatic heterocycles. The molecule has 2 saturated heterocycles. The lowest BCUT2D eigenvalue weighted by Gasteiger charge is -2.31. The third-order valence-corrected chi connectivity index (χ3v) is 4.26. The zero-order valence-electron chi connectivity index (χ0n) is 10.7. The summed E-state index contributed by atoms with van der Waals surface area (Å²) in [6.45, 7) is 2.68. The van der Waals surface area contributed by atoms with Gasteiger partial charge in [-0.05, 0) is 30.9 Å². The van der Waals surface area contributed by atoms with E-state index in [-0.39, 0.29) is 23.9 Å². The highest BCUT2D eigenvalue weighted by Gasteiger charge is 2.49. The lowest BCUT2D eigenvalue weighted by Crippen LogP contribution is -2.44. The van der Waals surface area contributed by atoms with Crippen molar-refractivity contribution in [3.8, 4) is 0 Å². The molecule has 2 atom stereocenters. The highest BCUT2D eigenvalue weighted by Crippen LogP contribution is 2.36. The number of hydrogen-bond acceptors (Lipinski definition) is 2. The first kappa shape index (κ1) is 12.5. The maximum atomic E-state index is 12.5. The average Bonchev–Trinajstić information content (AvgIpc) is 2.64. The fourth-order valence-corrected chi connectivity index (χ4v) is 3.21. The predicted molar refractivity (Wildman–Crippen MR) is 73.2 cm³/mol. The number of fused-ring (bicyclic) bond motifs is 1. The van der Waals surface area contributed by atoms with Crippen LogP contribution >= 0.6 is 11.6 Å². The molecule has 2 aliphatic rings. The molecular weight excluding hydrogens is 264 g/mol. The van der Waals surface area contributed by atoms with Crippen molar-refractivity contribution in [1.82, 2.24) is 4.90 Å². The topological polar surface area (TPSA) is 40.6 Å². The summed E-state index contributed by atoms with van der Waals surface area (Å²) in [6, 6.07) is 6.40. The van der Waals surface area contributed by atoms with E-state index in [1.165, 1.54) is 4.90 Å². The second kappa shape index (κ2) is 4.53. The SMILES string of the molecule is CC1CCCN2C(=O)N(c3ccccc3Cl)C(=O)C12. The molecule has 1 aromatic rings. The van der Waals surface area contributed by atoms with Crippen LogP contribution in [0.1, 0.15) is 19.8 Å². The Hall–Kier alpha value is -1.55. The Morgan fingerprint density at radius 3 is 2.68 bits per heavy atom. The van der Waals surface area contributed by atoms with E-state index in [1.807, 2.05) is 6.92 Å². The zero-order valence-corrected chi connectivity index (χ0v) is 11.4. The molecule has 2 heterocycles. The first-order valence-electron chi connectivity index (χ1n) is 6.50. The minimum Gasteiger partial charge on any atom is -0.312 e. The van der Waals surface area contributed by atoms with Crippen molar-refractivity contribution in [2.24, 2.45) is 5.92 Å². The number of para-hydroxylation sites is 1. The van der Waals surface area contributed by atoms with Crippen LogP contribution in [-0.4, -0.2) is 29.4 Å². The fourth-order valence-electron chi connectivity index (χ4n) is 2.99. The van der Waals surface area contributed by atoms with Gasteiger partial charge in [0.05, 0.1) is 10.7 Å². The Balaban J connectivity index is 2.02. The van der Waals surface area contributed by atoms with Crippen LogP contribution < -0.4 is 4.90 Å². The third kappa shape index (κ3) is 1.82. The van der Waals surface area contributed by atoms with Crippen molar-refractivity contribution >= 4 is 29.2 Å². The molecule has 2 unspecified atom stereocenters. The van der Waals surface area contributed by atoms with Crippen LogP contribution in [0.15, 0.2) is 24.3 Å². The molecule has 3 amide bonds. The standard InChI is InChI=1S/C14H15ClN2O2/c1-9-5-4-8-16-12(9)13(18)17(14(16)19)11-7-3-2-6-10(11)15/h2-3,6-7,9,12H,4-5,8H2,1H3. The third-order valence-electron chi connectivity index (χ3n) is 3.94. The first-order valence-corrected chi connectivity index (χ1v) is 6.88. The van der Waals surface area contributed by atoms with E-state index in [1.54, 1.807) is 29.2 Å². The van der Waals surface area contributed by atoms with Crippen LogP contribution in [-0.2, 0) is 4.79 Å². The van der Waals surface area contributed by atoms with Gasteiger partial charge in [0.25, 0.3) is 5.91 Å². The van der Waals surface area contributed by atoms with Gasteiger partial charge in [-0.3, -0.25) is 4.79 Å². The van der Waals surface area contributed by atoms with E-state index in [2.05, 4.69) is 0 Å². The molecule has 0 aliphatic carbocycles. The number of imide groups is 1. The van der Waals surface area contributed by atoms with Crippen LogP contribution in [0.3, 0.4) is 0 Å². The van der Waals surface area contributed by atoms with E-state index >= 15 is 0 Å². The number of carbonyl (C=O) groups excluding carboxylic acids is 2. The Morgan fingerprint density at radius 1 is 1.26 bits per heavy atom. The predicted octanol–water partition coefficient (Wildman–Crippen LogP) is 2.91. The van der Waals surface area contributed by atoms with Gasteiger partial charge in [-0.25, -0.2) is 9.69 Å². The van der Waals surface area contributed by atoms with Crippen molar-refractivity contribution in [2.75, 3.05) is 11.4 Å². The summed E-state index contributed by atoms with van der Waals surface area (Å²) < 4.78 is 0. The highest BCUT2D eigenvalue weighted by atomic mass is 35.5. The number of anilines is 1. The minimum atomic E-state index is -0.322. The second-order valence-corrected chi connectivity index (χ2v) is 5.57. The normalized spacial score (nSPS) is 26.8. The summed E-state index contributed by atoms with van der Waals surface area (Å²) in [5.41, 5.74) is 0.487. The highest BCUT2D eigenvalue weighted by molar-refractivity contribution is 6.35. The summed E-state index contributed by atoms with van der Waals surface area (Å²) in [4.78, 5) is 27.9. The lowest BCUT2D eigenvalue weighted by atomic mass is 9.91. The molecule has 2 fully saturated rings. The largest absolute Gasteiger partial charge is 0.332 e. The lowest BCUT2D eigenvalue weighted by molar-refractivity contribution is -0.121. The molecule has 0 saturated carbocycles. The van der Waals surface area contributed by atoms with E-state index in [0.29, 0.717) is 17.3 Å². The zero-order chi connectivity index (χ0) is 13.6. The molecule has 0 aromatic heterocycles. The summed E-state index contributed by atoms with van der Waals surface area (Å²) in [6.07, 6.45) is 1.93. The maximum Gasteiger partial charge on any atom is 0.332 e. The Labute approximate surface area is 116 Å². The van der Waals surface area contributed by atoms with Gasteiger partial charge in [0.1, 0.15) is 6.04 Å². The number of carbonyl (C=O) groups is 2. The number of hydrogen-bond donors (Lipinski definition) is 0. The van der Waals surface area contributed by atoms with Crippen molar-refractivity contribution in [3.63, 3.8) is 0 Å². The van der Waals surface area contributed by atoms with Gasteiger partial charge in [0, 0.05) is 6.54 Å². The van der Waals surface area contributed by atoms with Crippen LogP contribution in [0, 0.1) is 5.92 Å². The molecule has 0 N–H and O–H groups in total. The number of nitrogens with zero attached hydrogens (tertiary/aromatic N) is 2. The number of rotatable bonds is 1. The Morgan fingerprint density at radius 2 is 2.00 bits per heavy atom. The molecular formula is C14H15ClN2O2. The molecule has 0 radical (unpaired) electrons.